The van der Waals surface area contributed by atoms with Gasteiger partial charge in [0.15, 0.2) is 0 Å². The second-order valence-corrected chi connectivity index (χ2v) is 18.2. The molecule has 1 aromatic rings. The van der Waals surface area contributed by atoms with Crippen LogP contribution in [0.25, 0.3) is 0 Å². The molecule has 5 nitrogen and oxygen atoms in total. The minimum Gasteiger partial charge on any atom is -0.414 e. The zero-order valence-corrected chi connectivity index (χ0v) is 30.1. The molecule has 0 bridgehead atoms. The number of quaternary nitrogens is 1. The standard InChI is InChI=1S/C41H64N2O3/c1-29(34-18-19-35-33-17-16-30-12-10-11-24-40(30,5)36(33)21-25-41(34,35)6)15-20-37(44)42-31-22-26-43(27-23-31,32-13-8-7-9-14-32)28-46-38(45)39(2,3)4/h7-9,13-14,29-31,33-36H,10-12,15-28H2,1-6H3/p+1/t29-,30?,31?,33?,34-,35?,36?,40+,41-,43?/m1/s1. The summed E-state index contributed by atoms with van der Waals surface area (Å²) in [6, 6.07) is 10.6. The fraction of sp³-hybridized carbons (Fsp3) is 0.805. The third-order valence-corrected chi connectivity index (χ3v) is 14.7. The van der Waals surface area contributed by atoms with Crippen LogP contribution < -0.4 is 9.80 Å². The Morgan fingerprint density at radius 2 is 1.61 bits per heavy atom. The fourth-order valence-electron chi connectivity index (χ4n) is 11.9. The molecule has 4 unspecified atom stereocenters. The number of ether oxygens (including phenoxy) is 1. The molecule has 1 heterocycles. The van der Waals surface area contributed by atoms with E-state index in [0.717, 1.165) is 61.9 Å². The van der Waals surface area contributed by atoms with Gasteiger partial charge in [-0.1, -0.05) is 51.8 Å². The summed E-state index contributed by atoms with van der Waals surface area (Å²) in [4.78, 5) is 26.0. The average Bonchev–Trinajstić information content (AvgIpc) is 3.40. The first-order valence-corrected chi connectivity index (χ1v) is 19.2. The second-order valence-electron chi connectivity index (χ2n) is 18.2. The summed E-state index contributed by atoms with van der Waals surface area (Å²) >= 11 is 0. The summed E-state index contributed by atoms with van der Waals surface area (Å²) in [7, 11) is 0. The van der Waals surface area contributed by atoms with Gasteiger partial charge in [0.1, 0.15) is 5.69 Å². The predicted molar refractivity (Wildman–Crippen MR) is 188 cm³/mol. The lowest BCUT2D eigenvalue weighted by Gasteiger charge is -2.61. The number of nitrogens with zero attached hydrogens (tertiary/aromatic N) is 1. The largest absolute Gasteiger partial charge is 0.414 e. The molecule has 1 amide bonds. The number of nitrogens with one attached hydrogen (secondary N) is 1. The van der Waals surface area contributed by atoms with Gasteiger partial charge in [-0.05, 0) is 137 Å². The van der Waals surface area contributed by atoms with Crippen molar-refractivity contribution in [1.29, 1.82) is 0 Å². The fourth-order valence-corrected chi connectivity index (χ4v) is 11.9. The topological polar surface area (TPSA) is 55.4 Å². The first-order valence-electron chi connectivity index (χ1n) is 19.2. The number of amides is 1. The SMILES string of the molecule is C[C@H](CCC(=O)NC1CC[N+](COC(=O)C(C)(C)C)(c2ccccc2)CC1)[C@H]1CCC2C3CCC4CCCC[C@]4(C)C3CC[C@@]21C. The Labute approximate surface area is 280 Å². The van der Waals surface area contributed by atoms with Crippen LogP contribution in [0.3, 0.4) is 0 Å². The molecule has 46 heavy (non-hydrogen) atoms. The summed E-state index contributed by atoms with van der Waals surface area (Å²) in [6.45, 7) is 15.6. The molecule has 0 spiro atoms. The van der Waals surface area contributed by atoms with E-state index in [1.807, 2.05) is 26.8 Å². The van der Waals surface area contributed by atoms with Crippen molar-refractivity contribution in [3.63, 3.8) is 0 Å². The van der Waals surface area contributed by atoms with Crippen LogP contribution in [0, 0.1) is 51.8 Å². The van der Waals surface area contributed by atoms with Crippen LogP contribution in [-0.2, 0) is 14.3 Å². The zero-order chi connectivity index (χ0) is 32.7. The Morgan fingerprint density at radius 3 is 2.33 bits per heavy atom. The normalized spacial score (nSPS) is 39.8. The van der Waals surface area contributed by atoms with Crippen molar-refractivity contribution in [2.24, 2.45) is 51.8 Å². The Bertz CT molecular complexity index is 1220. The smallest absolute Gasteiger partial charge is 0.315 e. The van der Waals surface area contributed by atoms with E-state index in [2.05, 4.69) is 50.4 Å². The van der Waals surface area contributed by atoms with Crippen molar-refractivity contribution in [3.05, 3.63) is 30.3 Å². The predicted octanol–water partition coefficient (Wildman–Crippen LogP) is 9.28. The number of benzene rings is 1. The number of hydrogen-bond acceptors (Lipinski definition) is 3. The molecule has 1 aromatic carbocycles. The molecule has 0 radical (unpaired) electrons. The van der Waals surface area contributed by atoms with Crippen LogP contribution >= 0.6 is 0 Å². The molecule has 5 fully saturated rings. The highest BCUT2D eigenvalue weighted by Gasteiger charge is 2.60. The van der Waals surface area contributed by atoms with Crippen LogP contribution in [0.2, 0.25) is 0 Å². The van der Waals surface area contributed by atoms with Gasteiger partial charge in [0, 0.05) is 25.3 Å². The molecule has 0 aromatic heterocycles. The maximum absolute atomic E-state index is 13.3. The first-order chi connectivity index (χ1) is 21.9. The monoisotopic (exact) mass is 633 g/mol. The molecule has 4 aliphatic carbocycles. The summed E-state index contributed by atoms with van der Waals surface area (Å²) < 4.78 is 6.52. The molecular weight excluding hydrogens is 568 g/mol. The van der Waals surface area contributed by atoms with Crippen molar-refractivity contribution in [1.82, 2.24) is 9.80 Å². The molecule has 1 aliphatic heterocycles. The molecule has 8 atom stereocenters. The Kier molecular flexibility index (Phi) is 9.76. The molecule has 4 saturated carbocycles. The summed E-state index contributed by atoms with van der Waals surface area (Å²) in [5.41, 5.74) is 1.74. The summed E-state index contributed by atoms with van der Waals surface area (Å²) in [5, 5.41) is 3.42. The van der Waals surface area contributed by atoms with Gasteiger partial charge in [-0.3, -0.25) is 14.1 Å². The number of hydrogen-bond donors (Lipinski definition) is 1. The van der Waals surface area contributed by atoms with Crippen LogP contribution in [0.15, 0.2) is 30.3 Å². The average molecular weight is 634 g/mol. The van der Waals surface area contributed by atoms with E-state index in [1.165, 1.54) is 69.9 Å². The van der Waals surface area contributed by atoms with E-state index in [9.17, 15) is 9.59 Å². The molecule has 5 heteroatoms. The zero-order valence-electron chi connectivity index (χ0n) is 30.1. The van der Waals surface area contributed by atoms with Crippen LogP contribution in [-0.4, -0.2) is 37.7 Å². The number of carbonyl (C=O) groups excluding carboxylic acids is 2. The first kappa shape index (κ1) is 34.0. The van der Waals surface area contributed by atoms with Crippen LogP contribution in [0.4, 0.5) is 5.69 Å². The Balaban J connectivity index is 1.00. The molecule has 1 N–H and O–H groups in total. The second kappa shape index (κ2) is 13.2. The van der Waals surface area contributed by atoms with Crippen molar-refractivity contribution in [2.45, 2.75) is 137 Å². The number of fused-ring (bicyclic) bond motifs is 5. The van der Waals surface area contributed by atoms with Crippen LogP contribution in [0.5, 0.6) is 0 Å². The third-order valence-electron chi connectivity index (χ3n) is 14.7. The highest BCUT2D eigenvalue weighted by atomic mass is 16.5. The van der Waals surface area contributed by atoms with Gasteiger partial charge in [-0.25, -0.2) is 0 Å². The molecular formula is C41H65N2O3+. The van der Waals surface area contributed by atoms with Crippen molar-refractivity contribution < 1.29 is 14.3 Å². The molecule has 6 rings (SSSR count). The number of para-hydroxylation sites is 1. The lowest BCUT2D eigenvalue weighted by Crippen LogP contribution is -2.59. The molecule has 1 saturated heterocycles. The number of carbonyl (C=O) groups is 2. The van der Waals surface area contributed by atoms with Gasteiger partial charge < -0.3 is 10.1 Å². The maximum atomic E-state index is 13.3. The van der Waals surface area contributed by atoms with E-state index in [-0.39, 0.29) is 17.9 Å². The van der Waals surface area contributed by atoms with Gasteiger partial charge in [0.05, 0.1) is 18.5 Å². The molecule has 256 valence electrons. The number of likely N-dealkylation sites (tertiary alicyclic amines) is 1. The highest BCUT2D eigenvalue weighted by Crippen LogP contribution is 2.68. The van der Waals surface area contributed by atoms with E-state index >= 15 is 0 Å². The highest BCUT2D eigenvalue weighted by molar-refractivity contribution is 5.76. The van der Waals surface area contributed by atoms with Crippen LogP contribution in [0.1, 0.15) is 131 Å². The quantitative estimate of drug-likeness (QED) is 0.229. The lowest BCUT2D eigenvalue weighted by atomic mass is 9.44. The van der Waals surface area contributed by atoms with Gasteiger partial charge in [0.25, 0.3) is 0 Å². The van der Waals surface area contributed by atoms with Gasteiger partial charge in [-0.2, -0.15) is 0 Å². The van der Waals surface area contributed by atoms with Gasteiger partial charge in [0.2, 0.25) is 12.6 Å². The minimum atomic E-state index is -0.521. The van der Waals surface area contributed by atoms with Crippen molar-refractivity contribution in [2.75, 3.05) is 19.8 Å². The van der Waals surface area contributed by atoms with E-state index in [4.69, 9.17) is 4.74 Å². The summed E-state index contributed by atoms with van der Waals surface area (Å²) in [5.74, 6) is 5.23. The van der Waals surface area contributed by atoms with E-state index in [0.29, 0.717) is 34.4 Å². The third kappa shape index (κ3) is 6.45. The van der Waals surface area contributed by atoms with Crippen molar-refractivity contribution >= 4 is 17.6 Å². The number of rotatable bonds is 8. The molecule has 5 aliphatic rings. The van der Waals surface area contributed by atoms with Gasteiger partial charge in [-0.15, -0.1) is 0 Å². The van der Waals surface area contributed by atoms with Gasteiger partial charge >= 0.3 is 5.97 Å². The number of piperidine rings is 1. The Hall–Kier alpha value is -1.88. The lowest BCUT2D eigenvalue weighted by molar-refractivity contribution is -0.158. The van der Waals surface area contributed by atoms with E-state index in [1.54, 1.807) is 0 Å². The Morgan fingerprint density at radius 1 is 0.891 bits per heavy atom. The minimum absolute atomic E-state index is 0.160. The van der Waals surface area contributed by atoms with Crippen molar-refractivity contribution in [3.8, 4) is 0 Å². The summed E-state index contributed by atoms with van der Waals surface area (Å²) in [6.07, 6.45) is 18.0. The van der Waals surface area contributed by atoms with E-state index < -0.39 is 5.41 Å². The maximum Gasteiger partial charge on any atom is 0.315 e. The number of esters is 1.